The number of rotatable bonds is 10. The Morgan fingerprint density at radius 1 is 1.07 bits per heavy atom. The fraction of sp³-hybridized carbons (Fsp3) is 0.185. The second kappa shape index (κ2) is 12.3. The molecular formula is C27H21Cl2N3O6S3. The maximum Gasteiger partial charge on any atom is 0.296 e. The summed E-state index contributed by atoms with van der Waals surface area (Å²) in [6.07, 6.45) is 0. The lowest BCUT2D eigenvalue weighted by Crippen LogP contribution is -2.31. The Balaban J connectivity index is 1.56. The van der Waals surface area contributed by atoms with Crippen LogP contribution >= 0.6 is 57.6 Å². The number of hydrogen-bond acceptors (Lipinski definition) is 11. The third-order valence-corrected chi connectivity index (χ3v) is 9.73. The lowest BCUT2D eigenvalue weighted by molar-refractivity contribution is -0.117. The average molecular weight is 651 g/mol. The highest BCUT2D eigenvalue weighted by Crippen LogP contribution is 2.48. The minimum atomic E-state index is -1.05. The number of ether oxygens (including phenoxy) is 3. The van der Waals surface area contributed by atoms with Crippen LogP contribution in [0.2, 0.25) is 10.0 Å². The molecule has 2 aromatic carbocycles. The summed E-state index contributed by atoms with van der Waals surface area (Å²) in [6, 6.07) is 10.8. The Kier molecular flexibility index (Phi) is 8.76. The van der Waals surface area contributed by atoms with Gasteiger partial charge in [0, 0.05) is 15.8 Å². The molecule has 3 heterocycles. The summed E-state index contributed by atoms with van der Waals surface area (Å²) in [4.78, 5) is 28.8. The van der Waals surface area contributed by atoms with Crippen LogP contribution < -0.4 is 19.1 Å². The summed E-state index contributed by atoms with van der Waals surface area (Å²) in [5.41, 5.74) is 1.20. The van der Waals surface area contributed by atoms with Crippen LogP contribution in [0, 0.1) is 0 Å². The number of aliphatic hydroxyl groups is 1. The molecule has 2 aromatic heterocycles. The number of nitrogens with zero attached hydrogens (tertiary/aromatic N) is 3. The molecule has 0 saturated carbocycles. The molecule has 41 heavy (non-hydrogen) atoms. The first-order valence-corrected chi connectivity index (χ1v) is 15.3. The van der Waals surface area contributed by atoms with E-state index in [-0.39, 0.29) is 10.7 Å². The van der Waals surface area contributed by atoms with Crippen LogP contribution in [-0.2, 0) is 10.5 Å². The summed E-state index contributed by atoms with van der Waals surface area (Å²) in [6.45, 7) is 0. The van der Waals surface area contributed by atoms with Gasteiger partial charge in [-0.1, -0.05) is 58.4 Å². The van der Waals surface area contributed by atoms with Crippen LogP contribution in [-0.4, -0.2) is 48.3 Å². The number of thiophene rings is 1. The normalized spacial score (nSPS) is 15.0. The Hall–Kier alpha value is -3.29. The van der Waals surface area contributed by atoms with Gasteiger partial charge in [0.25, 0.3) is 5.91 Å². The number of hydrogen-bond donors (Lipinski definition) is 1. The van der Waals surface area contributed by atoms with Crippen LogP contribution in [0.5, 0.6) is 17.2 Å². The standard InChI is InChI=1S/C27H21Cl2N3O6S3/c1-36-17-9-14(10-18(37-2)24(17)38-3)21-20(22(33)19-5-4-8-39-19)23(34)25(35)32(21)26-30-31-27(41-26)40-12-13-6-7-15(28)11-16(13)29/h4-11,21,34H,12H2,1-3H3. The van der Waals surface area contributed by atoms with Crippen molar-refractivity contribution in [2.75, 3.05) is 26.2 Å². The van der Waals surface area contributed by atoms with Crippen LogP contribution in [0.4, 0.5) is 5.13 Å². The molecule has 1 atom stereocenters. The number of aliphatic hydroxyl groups excluding tert-OH is 1. The van der Waals surface area contributed by atoms with Crippen LogP contribution in [0.25, 0.3) is 0 Å². The number of halogens is 2. The van der Waals surface area contributed by atoms with Crippen molar-refractivity contribution in [3.8, 4) is 17.2 Å². The third kappa shape index (κ3) is 5.62. The van der Waals surface area contributed by atoms with E-state index in [0.29, 0.717) is 47.8 Å². The van der Waals surface area contributed by atoms with Gasteiger partial charge in [-0.3, -0.25) is 14.5 Å². The third-order valence-electron chi connectivity index (χ3n) is 6.17. The van der Waals surface area contributed by atoms with Crippen molar-refractivity contribution in [3.63, 3.8) is 0 Å². The number of aromatic nitrogens is 2. The average Bonchev–Trinajstić information content (AvgIpc) is 3.72. The molecule has 0 spiro atoms. The van der Waals surface area contributed by atoms with Gasteiger partial charge < -0.3 is 19.3 Å². The fourth-order valence-electron chi connectivity index (χ4n) is 4.29. The van der Waals surface area contributed by atoms with E-state index >= 15 is 0 Å². The molecule has 212 valence electrons. The lowest BCUT2D eigenvalue weighted by Gasteiger charge is -2.25. The van der Waals surface area contributed by atoms with E-state index in [1.54, 1.807) is 41.8 Å². The molecular weight excluding hydrogens is 629 g/mol. The first kappa shape index (κ1) is 29.2. The van der Waals surface area contributed by atoms with Gasteiger partial charge in [0.15, 0.2) is 21.6 Å². The van der Waals surface area contributed by atoms with Gasteiger partial charge in [-0.15, -0.1) is 21.5 Å². The maximum absolute atomic E-state index is 13.6. The van der Waals surface area contributed by atoms with Gasteiger partial charge in [-0.25, -0.2) is 0 Å². The van der Waals surface area contributed by atoms with Crippen molar-refractivity contribution in [2.45, 2.75) is 16.1 Å². The largest absolute Gasteiger partial charge is 0.503 e. The van der Waals surface area contributed by atoms with Gasteiger partial charge in [0.2, 0.25) is 16.7 Å². The second-order valence-corrected chi connectivity index (χ2v) is 12.4. The fourth-order valence-corrected chi connectivity index (χ4v) is 7.39. The topological polar surface area (TPSA) is 111 Å². The summed E-state index contributed by atoms with van der Waals surface area (Å²) >= 11 is 16.0. The number of thioether (sulfide) groups is 1. The monoisotopic (exact) mass is 649 g/mol. The zero-order valence-corrected chi connectivity index (χ0v) is 25.7. The van der Waals surface area contributed by atoms with E-state index in [9.17, 15) is 14.7 Å². The summed E-state index contributed by atoms with van der Waals surface area (Å²) in [5.74, 6) is -0.473. The van der Waals surface area contributed by atoms with Crippen molar-refractivity contribution in [3.05, 3.63) is 85.2 Å². The van der Waals surface area contributed by atoms with Gasteiger partial charge >= 0.3 is 0 Å². The molecule has 1 amide bonds. The first-order valence-electron chi connectivity index (χ1n) is 11.8. The lowest BCUT2D eigenvalue weighted by atomic mass is 9.95. The van der Waals surface area contributed by atoms with E-state index in [1.807, 2.05) is 6.07 Å². The predicted octanol–water partition coefficient (Wildman–Crippen LogP) is 7.01. The Labute approximate surface area is 257 Å². The number of amides is 1. The molecule has 0 aliphatic carbocycles. The quantitative estimate of drug-likeness (QED) is 0.110. The number of carbonyl (C=O) groups is 2. The number of Topliss-reactive ketones (excluding diaryl/α,β-unsaturated/α-hetero) is 1. The number of anilines is 1. The highest BCUT2D eigenvalue weighted by Gasteiger charge is 2.47. The molecule has 1 aliphatic heterocycles. The Morgan fingerprint density at radius 3 is 2.41 bits per heavy atom. The van der Waals surface area contributed by atoms with Crippen LogP contribution in [0.3, 0.4) is 0 Å². The van der Waals surface area contributed by atoms with Crippen molar-refractivity contribution >= 4 is 74.5 Å². The smallest absolute Gasteiger partial charge is 0.296 e. The van der Waals surface area contributed by atoms with Crippen molar-refractivity contribution in [2.24, 2.45) is 0 Å². The molecule has 1 aliphatic rings. The zero-order valence-electron chi connectivity index (χ0n) is 21.7. The van der Waals surface area contributed by atoms with Crippen molar-refractivity contribution < 1.29 is 28.9 Å². The molecule has 0 fully saturated rings. The van der Waals surface area contributed by atoms with Crippen LogP contribution in [0.1, 0.15) is 26.8 Å². The molecule has 0 radical (unpaired) electrons. The molecule has 1 unspecified atom stereocenters. The summed E-state index contributed by atoms with van der Waals surface area (Å²) in [7, 11) is 4.40. The minimum Gasteiger partial charge on any atom is -0.503 e. The molecule has 0 bridgehead atoms. The minimum absolute atomic E-state index is 0.0935. The number of carbonyl (C=O) groups excluding carboxylic acids is 2. The van der Waals surface area contributed by atoms with E-state index < -0.39 is 23.5 Å². The highest BCUT2D eigenvalue weighted by molar-refractivity contribution is 8.00. The Bertz CT molecular complexity index is 1630. The van der Waals surface area contributed by atoms with Crippen molar-refractivity contribution in [1.29, 1.82) is 0 Å². The van der Waals surface area contributed by atoms with E-state index in [2.05, 4.69) is 10.2 Å². The molecule has 9 nitrogen and oxygen atoms in total. The summed E-state index contributed by atoms with van der Waals surface area (Å²) < 4.78 is 17.0. The summed E-state index contributed by atoms with van der Waals surface area (Å²) in [5, 5.41) is 22.6. The maximum atomic E-state index is 13.6. The van der Waals surface area contributed by atoms with E-state index in [1.165, 1.54) is 49.3 Å². The number of ketones is 1. The van der Waals surface area contributed by atoms with E-state index in [0.717, 1.165) is 16.9 Å². The van der Waals surface area contributed by atoms with E-state index in [4.69, 9.17) is 37.4 Å². The van der Waals surface area contributed by atoms with Gasteiger partial charge in [0.1, 0.15) is 0 Å². The van der Waals surface area contributed by atoms with Gasteiger partial charge in [0.05, 0.1) is 37.8 Å². The molecule has 5 rings (SSSR count). The predicted molar refractivity (Wildman–Crippen MR) is 161 cm³/mol. The SMILES string of the molecule is COc1cc(C2C(C(=O)c3cccs3)=C(O)C(=O)N2c2nnc(SCc3ccc(Cl)cc3Cl)s2)cc(OC)c1OC. The Morgan fingerprint density at radius 2 is 1.80 bits per heavy atom. The van der Waals surface area contributed by atoms with Crippen molar-refractivity contribution in [1.82, 2.24) is 10.2 Å². The van der Waals surface area contributed by atoms with Gasteiger partial charge in [-0.05, 0) is 46.8 Å². The highest BCUT2D eigenvalue weighted by atomic mass is 35.5. The van der Waals surface area contributed by atoms with Crippen LogP contribution in [0.15, 0.2) is 63.5 Å². The first-order chi connectivity index (χ1) is 19.8. The number of methoxy groups -OCH3 is 3. The molecule has 4 aromatic rings. The molecule has 1 N–H and O–H groups in total. The van der Waals surface area contributed by atoms with Gasteiger partial charge in [-0.2, -0.15) is 0 Å². The second-order valence-electron chi connectivity index (χ2n) is 8.48. The number of benzene rings is 2. The molecule has 0 saturated heterocycles. The molecule has 14 heteroatoms. The zero-order chi connectivity index (χ0) is 29.3.